The predicted octanol–water partition coefficient (Wildman–Crippen LogP) is -0.420. The minimum atomic E-state index is -0.341. The Morgan fingerprint density at radius 3 is 2.29 bits per heavy atom. The Labute approximate surface area is 87.7 Å². The molecule has 86 valence electrons. The smallest absolute Gasteiger partial charge is 0.0674 e. The summed E-state index contributed by atoms with van der Waals surface area (Å²) in [5.74, 6) is 0. The lowest BCUT2D eigenvalue weighted by Gasteiger charge is -2.19. The summed E-state index contributed by atoms with van der Waals surface area (Å²) in [7, 11) is 6.25. The molecule has 0 radical (unpaired) electrons. The van der Waals surface area contributed by atoms with E-state index in [0.717, 1.165) is 26.1 Å². The van der Waals surface area contributed by atoms with E-state index in [2.05, 4.69) is 30.9 Å². The van der Waals surface area contributed by atoms with E-state index in [9.17, 15) is 5.11 Å². The van der Waals surface area contributed by atoms with Crippen LogP contribution in [-0.4, -0.2) is 68.3 Å². The molecule has 1 atom stereocenters. The van der Waals surface area contributed by atoms with Crippen LogP contribution in [0.4, 0.5) is 0 Å². The van der Waals surface area contributed by atoms with Gasteiger partial charge in [-0.2, -0.15) is 0 Å². The zero-order valence-corrected chi connectivity index (χ0v) is 9.74. The summed E-state index contributed by atoms with van der Waals surface area (Å²) < 4.78 is 0. The molecule has 3 N–H and O–H groups in total. The van der Waals surface area contributed by atoms with Crippen LogP contribution in [0.5, 0.6) is 0 Å². The molecule has 4 nitrogen and oxygen atoms in total. The highest BCUT2D eigenvalue weighted by molar-refractivity contribution is 4.60. The monoisotopic (exact) mass is 203 g/mol. The van der Waals surface area contributed by atoms with Gasteiger partial charge in [-0.15, -0.1) is 0 Å². The van der Waals surface area contributed by atoms with Crippen molar-refractivity contribution in [2.45, 2.75) is 18.9 Å². The normalized spacial score (nSPS) is 13.9. The van der Waals surface area contributed by atoms with E-state index in [4.69, 9.17) is 5.73 Å². The molecule has 0 rings (SSSR count). The number of hydrogen-bond acceptors (Lipinski definition) is 4. The van der Waals surface area contributed by atoms with Crippen molar-refractivity contribution < 1.29 is 5.11 Å². The lowest BCUT2D eigenvalue weighted by molar-refractivity contribution is 0.153. The van der Waals surface area contributed by atoms with E-state index in [-0.39, 0.29) is 6.10 Å². The lowest BCUT2D eigenvalue weighted by Crippen LogP contribution is -2.29. The predicted molar refractivity (Wildman–Crippen MR) is 60.3 cm³/mol. The fourth-order valence-electron chi connectivity index (χ4n) is 1.26. The van der Waals surface area contributed by atoms with Gasteiger partial charge < -0.3 is 20.6 Å². The van der Waals surface area contributed by atoms with Crippen LogP contribution in [0.3, 0.4) is 0 Å². The van der Waals surface area contributed by atoms with Gasteiger partial charge in [0, 0.05) is 13.1 Å². The quantitative estimate of drug-likeness (QED) is 0.562. The lowest BCUT2D eigenvalue weighted by atomic mass is 10.2. The van der Waals surface area contributed by atoms with Crippen molar-refractivity contribution in [3.8, 4) is 0 Å². The molecule has 0 saturated heterocycles. The van der Waals surface area contributed by atoms with Crippen molar-refractivity contribution >= 4 is 0 Å². The van der Waals surface area contributed by atoms with Crippen molar-refractivity contribution in [3.63, 3.8) is 0 Å². The van der Waals surface area contributed by atoms with Gasteiger partial charge >= 0.3 is 0 Å². The highest BCUT2D eigenvalue weighted by Gasteiger charge is 2.03. The Kier molecular flexibility index (Phi) is 8.08. The highest BCUT2D eigenvalue weighted by atomic mass is 16.3. The first-order valence-electron chi connectivity index (χ1n) is 5.27. The molecule has 0 heterocycles. The maximum Gasteiger partial charge on any atom is 0.0674 e. The van der Waals surface area contributed by atoms with Crippen LogP contribution in [0.15, 0.2) is 0 Å². The Hall–Kier alpha value is -0.160. The number of nitrogens with zero attached hydrogens (tertiary/aromatic N) is 2. The average Bonchev–Trinajstić information content (AvgIpc) is 2.13. The molecule has 0 aliphatic carbocycles. The van der Waals surface area contributed by atoms with Crippen molar-refractivity contribution in [2.24, 2.45) is 5.73 Å². The molecule has 14 heavy (non-hydrogen) atoms. The molecule has 0 aliphatic heterocycles. The highest BCUT2D eigenvalue weighted by Crippen LogP contribution is 1.94. The molecule has 0 bridgehead atoms. The van der Waals surface area contributed by atoms with E-state index in [1.54, 1.807) is 0 Å². The summed E-state index contributed by atoms with van der Waals surface area (Å²) >= 11 is 0. The molecular formula is C10H25N3O. The van der Waals surface area contributed by atoms with E-state index >= 15 is 0 Å². The van der Waals surface area contributed by atoms with E-state index < -0.39 is 0 Å². The van der Waals surface area contributed by atoms with Crippen LogP contribution in [0, 0.1) is 0 Å². The minimum absolute atomic E-state index is 0.341. The number of aliphatic hydroxyl groups excluding tert-OH is 1. The molecule has 4 heteroatoms. The standard InChI is InChI=1S/C10H25N3O/c1-12(2)6-4-7-13(3)8-5-10(14)9-11/h10,14H,4-9,11H2,1-3H3. The van der Waals surface area contributed by atoms with Crippen LogP contribution in [0.1, 0.15) is 12.8 Å². The van der Waals surface area contributed by atoms with Crippen LogP contribution < -0.4 is 5.73 Å². The fourth-order valence-corrected chi connectivity index (χ4v) is 1.26. The van der Waals surface area contributed by atoms with E-state index in [1.165, 1.54) is 6.42 Å². The Morgan fingerprint density at radius 2 is 1.79 bits per heavy atom. The first kappa shape index (κ1) is 13.8. The van der Waals surface area contributed by atoms with E-state index in [1.807, 2.05) is 0 Å². The van der Waals surface area contributed by atoms with Gasteiger partial charge in [-0.25, -0.2) is 0 Å². The molecule has 0 aromatic rings. The van der Waals surface area contributed by atoms with Gasteiger partial charge in [0.25, 0.3) is 0 Å². The molecule has 0 saturated carbocycles. The zero-order valence-electron chi connectivity index (χ0n) is 9.74. The summed E-state index contributed by atoms with van der Waals surface area (Å²) in [5, 5.41) is 9.26. The topological polar surface area (TPSA) is 52.7 Å². The van der Waals surface area contributed by atoms with Crippen molar-refractivity contribution in [3.05, 3.63) is 0 Å². The fraction of sp³-hybridized carbons (Fsp3) is 1.00. The first-order valence-corrected chi connectivity index (χ1v) is 5.27. The molecule has 0 aromatic carbocycles. The molecule has 0 amide bonds. The summed E-state index contributed by atoms with van der Waals surface area (Å²) in [4.78, 5) is 4.42. The number of rotatable bonds is 8. The SMILES string of the molecule is CN(C)CCCN(C)CCC(O)CN. The molecule has 0 aromatic heterocycles. The van der Waals surface area contributed by atoms with Crippen LogP contribution in [-0.2, 0) is 0 Å². The van der Waals surface area contributed by atoms with Crippen LogP contribution in [0.25, 0.3) is 0 Å². The summed E-state index contributed by atoms with van der Waals surface area (Å²) in [5.41, 5.74) is 5.32. The van der Waals surface area contributed by atoms with Gasteiger partial charge in [-0.1, -0.05) is 0 Å². The molecule has 0 aliphatic rings. The Bertz CT molecular complexity index is 131. The number of hydrogen-bond donors (Lipinski definition) is 2. The van der Waals surface area contributed by atoms with Gasteiger partial charge in [-0.05, 0) is 47.1 Å². The van der Waals surface area contributed by atoms with Crippen molar-refractivity contribution in [2.75, 3.05) is 47.3 Å². The second-order valence-corrected chi connectivity index (χ2v) is 4.14. The Morgan fingerprint density at radius 1 is 1.14 bits per heavy atom. The third-order valence-corrected chi connectivity index (χ3v) is 2.26. The van der Waals surface area contributed by atoms with Gasteiger partial charge in [-0.3, -0.25) is 0 Å². The number of nitrogens with two attached hydrogens (primary N) is 1. The number of aliphatic hydroxyl groups is 1. The van der Waals surface area contributed by atoms with Gasteiger partial charge in [0.1, 0.15) is 0 Å². The summed E-state index contributed by atoms with van der Waals surface area (Å²) in [6.45, 7) is 3.48. The third kappa shape index (κ3) is 8.44. The third-order valence-electron chi connectivity index (χ3n) is 2.26. The maximum atomic E-state index is 9.26. The van der Waals surface area contributed by atoms with Crippen LogP contribution in [0.2, 0.25) is 0 Å². The van der Waals surface area contributed by atoms with Crippen molar-refractivity contribution in [1.29, 1.82) is 0 Å². The largest absolute Gasteiger partial charge is 0.392 e. The minimum Gasteiger partial charge on any atom is -0.392 e. The summed E-state index contributed by atoms with van der Waals surface area (Å²) in [6, 6.07) is 0. The van der Waals surface area contributed by atoms with Crippen molar-refractivity contribution in [1.82, 2.24) is 9.80 Å². The first-order chi connectivity index (χ1) is 6.56. The molecule has 0 fully saturated rings. The van der Waals surface area contributed by atoms with Gasteiger partial charge in [0.05, 0.1) is 6.10 Å². The van der Waals surface area contributed by atoms with Gasteiger partial charge in [0.15, 0.2) is 0 Å². The molecular weight excluding hydrogens is 178 g/mol. The second-order valence-electron chi connectivity index (χ2n) is 4.14. The Balaban J connectivity index is 3.32. The van der Waals surface area contributed by atoms with E-state index in [0.29, 0.717) is 6.54 Å². The zero-order chi connectivity index (χ0) is 11.0. The summed E-state index contributed by atoms with van der Waals surface area (Å²) in [6.07, 6.45) is 1.60. The molecule has 1 unspecified atom stereocenters. The van der Waals surface area contributed by atoms with Gasteiger partial charge in [0.2, 0.25) is 0 Å². The molecule has 0 spiro atoms. The maximum absolute atomic E-state index is 9.26. The van der Waals surface area contributed by atoms with Crippen LogP contribution >= 0.6 is 0 Å². The average molecular weight is 203 g/mol. The second kappa shape index (κ2) is 8.17.